The van der Waals surface area contributed by atoms with Crippen LogP contribution in [0.2, 0.25) is 0 Å². The summed E-state index contributed by atoms with van der Waals surface area (Å²) in [5.74, 6) is 1.69. The molecule has 1 unspecified atom stereocenters. The first-order valence-corrected chi connectivity index (χ1v) is 5.95. The Kier molecular flexibility index (Phi) is 3.17. The predicted molar refractivity (Wildman–Crippen MR) is 68.4 cm³/mol. The van der Waals surface area contributed by atoms with Crippen LogP contribution in [0.1, 0.15) is 28.7 Å². The van der Waals surface area contributed by atoms with Gasteiger partial charge >= 0.3 is 0 Å². The molecule has 0 aliphatic rings. The Morgan fingerprint density at radius 1 is 1.19 bits per heavy atom. The zero-order valence-corrected chi connectivity index (χ0v) is 10.9. The smallest absolute Gasteiger partial charge is 0.125 e. The van der Waals surface area contributed by atoms with E-state index < -0.39 is 0 Å². The van der Waals surface area contributed by atoms with Crippen LogP contribution < -0.4 is 5.73 Å². The summed E-state index contributed by atoms with van der Waals surface area (Å²) in [6, 6.07) is 9.77. The summed E-state index contributed by atoms with van der Waals surface area (Å²) in [5.41, 5.74) is 8.38. The minimum absolute atomic E-state index is 0.203. The summed E-state index contributed by atoms with van der Waals surface area (Å²) in [4.78, 5) is 0. The zero-order valence-electron chi connectivity index (χ0n) is 9.33. The Morgan fingerprint density at radius 2 is 1.94 bits per heavy atom. The maximum absolute atomic E-state index is 6.13. The standard InChI is InChI=1S/C13H14BrNO/c1-8-3-5-10(7-11(8)14)13(15)12-6-4-9(2)16-12/h3-7,13H,15H2,1-2H3. The molecule has 0 saturated carbocycles. The van der Waals surface area contributed by atoms with Gasteiger partial charge in [0.15, 0.2) is 0 Å². The van der Waals surface area contributed by atoms with Crippen LogP contribution in [0.3, 0.4) is 0 Å². The van der Waals surface area contributed by atoms with Crippen LogP contribution in [0.15, 0.2) is 39.2 Å². The molecule has 0 radical (unpaired) electrons. The highest BCUT2D eigenvalue weighted by Gasteiger charge is 2.13. The van der Waals surface area contributed by atoms with Crippen molar-refractivity contribution in [2.75, 3.05) is 0 Å². The molecule has 84 valence electrons. The molecule has 1 aromatic heterocycles. The van der Waals surface area contributed by atoms with E-state index in [1.165, 1.54) is 5.56 Å². The van der Waals surface area contributed by atoms with Crippen LogP contribution in [-0.4, -0.2) is 0 Å². The molecule has 0 saturated heterocycles. The summed E-state index contributed by atoms with van der Waals surface area (Å²) in [7, 11) is 0. The lowest BCUT2D eigenvalue weighted by Gasteiger charge is -2.10. The first kappa shape index (κ1) is 11.4. The monoisotopic (exact) mass is 279 g/mol. The highest BCUT2D eigenvalue weighted by atomic mass is 79.9. The largest absolute Gasteiger partial charge is 0.464 e. The van der Waals surface area contributed by atoms with Gasteiger partial charge in [0.1, 0.15) is 11.5 Å². The molecule has 2 nitrogen and oxygen atoms in total. The van der Waals surface area contributed by atoms with Crippen molar-refractivity contribution >= 4 is 15.9 Å². The van der Waals surface area contributed by atoms with E-state index in [2.05, 4.69) is 28.9 Å². The second-order valence-corrected chi connectivity index (χ2v) is 4.79. The minimum Gasteiger partial charge on any atom is -0.464 e. The van der Waals surface area contributed by atoms with Crippen LogP contribution in [0, 0.1) is 13.8 Å². The third-order valence-electron chi connectivity index (χ3n) is 2.62. The molecule has 2 aromatic rings. The number of nitrogens with two attached hydrogens (primary N) is 1. The lowest BCUT2D eigenvalue weighted by molar-refractivity contribution is 0.466. The Labute approximate surface area is 104 Å². The fraction of sp³-hybridized carbons (Fsp3) is 0.231. The number of furan rings is 1. The van der Waals surface area contributed by atoms with Gasteiger partial charge in [0, 0.05) is 4.47 Å². The van der Waals surface area contributed by atoms with Gasteiger partial charge in [0.05, 0.1) is 6.04 Å². The molecule has 2 rings (SSSR count). The predicted octanol–water partition coefficient (Wildman–Crippen LogP) is 3.71. The first-order chi connectivity index (χ1) is 7.58. The van der Waals surface area contributed by atoms with Crippen molar-refractivity contribution in [2.24, 2.45) is 5.73 Å². The molecule has 0 spiro atoms. The van der Waals surface area contributed by atoms with Gasteiger partial charge in [0.2, 0.25) is 0 Å². The van der Waals surface area contributed by atoms with Crippen molar-refractivity contribution in [1.29, 1.82) is 0 Å². The van der Waals surface area contributed by atoms with Crippen molar-refractivity contribution in [3.8, 4) is 0 Å². The van der Waals surface area contributed by atoms with Gasteiger partial charge in [-0.1, -0.05) is 28.1 Å². The quantitative estimate of drug-likeness (QED) is 0.910. The highest BCUT2D eigenvalue weighted by Crippen LogP contribution is 2.25. The van der Waals surface area contributed by atoms with Gasteiger partial charge in [0.25, 0.3) is 0 Å². The van der Waals surface area contributed by atoms with Crippen LogP contribution >= 0.6 is 15.9 Å². The minimum atomic E-state index is -0.203. The number of halogens is 1. The van der Waals surface area contributed by atoms with E-state index in [1.807, 2.05) is 31.2 Å². The molecule has 1 aromatic carbocycles. The van der Waals surface area contributed by atoms with Gasteiger partial charge in [-0.25, -0.2) is 0 Å². The second-order valence-electron chi connectivity index (χ2n) is 3.93. The zero-order chi connectivity index (χ0) is 11.7. The summed E-state index contributed by atoms with van der Waals surface area (Å²) >= 11 is 3.51. The molecule has 0 bridgehead atoms. The van der Waals surface area contributed by atoms with Crippen LogP contribution in [-0.2, 0) is 0 Å². The van der Waals surface area contributed by atoms with Crippen LogP contribution in [0.25, 0.3) is 0 Å². The van der Waals surface area contributed by atoms with Gasteiger partial charge in [-0.05, 0) is 43.2 Å². The average molecular weight is 280 g/mol. The van der Waals surface area contributed by atoms with E-state index in [9.17, 15) is 0 Å². The molecule has 0 amide bonds. The number of aryl methyl sites for hydroxylation is 2. The van der Waals surface area contributed by atoms with Gasteiger partial charge in [-0.15, -0.1) is 0 Å². The number of hydrogen-bond acceptors (Lipinski definition) is 2. The molecule has 2 N–H and O–H groups in total. The third kappa shape index (κ3) is 2.20. The van der Waals surface area contributed by atoms with Crippen molar-refractivity contribution in [3.63, 3.8) is 0 Å². The summed E-state index contributed by atoms with van der Waals surface area (Å²) in [6.07, 6.45) is 0. The second kappa shape index (κ2) is 4.44. The molecular formula is C13H14BrNO. The van der Waals surface area contributed by atoms with E-state index in [1.54, 1.807) is 0 Å². The highest BCUT2D eigenvalue weighted by molar-refractivity contribution is 9.10. The van der Waals surface area contributed by atoms with Gasteiger partial charge in [-0.3, -0.25) is 0 Å². The fourth-order valence-electron chi connectivity index (χ4n) is 1.59. The molecule has 1 atom stereocenters. The van der Waals surface area contributed by atoms with E-state index in [0.29, 0.717) is 0 Å². The maximum Gasteiger partial charge on any atom is 0.125 e. The van der Waals surface area contributed by atoms with E-state index in [0.717, 1.165) is 21.6 Å². The fourth-order valence-corrected chi connectivity index (χ4v) is 1.98. The normalized spacial score (nSPS) is 12.8. The lowest BCUT2D eigenvalue weighted by Crippen LogP contribution is -2.10. The molecule has 16 heavy (non-hydrogen) atoms. The van der Waals surface area contributed by atoms with Gasteiger partial charge in [-0.2, -0.15) is 0 Å². The summed E-state index contributed by atoms with van der Waals surface area (Å²) in [6.45, 7) is 3.97. The Bertz CT molecular complexity index is 504. The van der Waals surface area contributed by atoms with Gasteiger partial charge < -0.3 is 10.2 Å². The van der Waals surface area contributed by atoms with Crippen LogP contribution in [0.5, 0.6) is 0 Å². The third-order valence-corrected chi connectivity index (χ3v) is 3.48. The molecular weight excluding hydrogens is 266 g/mol. The first-order valence-electron chi connectivity index (χ1n) is 5.16. The lowest BCUT2D eigenvalue weighted by atomic mass is 10.0. The van der Waals surface area contributed by atoms with Crippen molar-refractivity contribution in [3.05, 3.63) is 57.5 Å². The number of rotatable bonds is 2. The molecule has 0 aliphatic carbocycles. The Morgan fingerprint density at radius 3 is 2.50 bits per heavy atom. The Hall–Kier alpha value is -1.06. The molecule has 3 heteroatoms. The van der Waals surface area contributed by atoms with Crippen molar-refractivity contribution < 1.29 is 4.42 Å². The van der Waals surface area contributed by atoms with Crippen molar-refractivity contribution in [2.45, 2.75) is 19.9 Å². The van der Waals surface area contributed by atoms with E-state index >= 15 is 0 Å². The molecule has 0 aliphatic heterocycles. The SMILES string of the molecule is Cc1ccc(C(N)c2ccc(C)c(Br)c2)o1. The van der Waals surface area contributed by atoms with Crippen LogP contribution in [0.4, 0.5) is 0 Å². The summed E-state index contributed by atoms with van der Waals surface area (Å²) in [5, 5.41) is 0. The Balaban J connectivity index is 2.33. The molecule has 0 fully saturated rings. The maximum atomic E-state index is 6.13. The summed E-state index contributed by atoms with van der Waals surface area (Å²) < 4.78 is 6.60. The molecule has 1 heterocycles. The topological polar surface area (TPSA) is 39.2 Å². The average Bonchev–Trinajstić information content (AvgIpc) is 2.68. The van der Waals surface area contributed by atoms with Crippen molar-refractivity contribution in [1.82, 2.24) is 0 Å². The van der Waals surface area contributed by atoms with E-state index in [4.69, 9.17) is 10.2 Å². The number of hydrogen-bond donors (Lipinski definition) is 1. The number of benzene rings is 1. The van der Waals surface area contributed by atoms with E-state index in [-0.39, 0.29) is 6.04 Å².